The van der Waals surface area contributed by atoms with Gasteiger partial charge in [0, 0.05) is 23.7 Å². The number of sulfonamides is 1. The van der Waals surface area contributed by atoms with Gasteiger partial charge < -0.3 is 4.42 Å². The summed E-state index contributed by atoms with van der Waals surface area (Å²) in [5.41, 5.74) is 3.42. The molecule has 156 valence electrons. The number of fused-ring (bicyclic) bond motifs is 2. The summed E-state index contributed by atoms with van der Waals surface area (Å²) in [6.07, 6.45) is 4.63. The van der Waals surface area contributed by atoms with Gasteiger partial charge in [-0.05, 0) is 36.8 Å². The Kier molecular flexibility index (Phi) is 4.40. The summed E-state index contributed by atoms with van der Waals surface area (Å²) >= 11 is 0. The third-order valence-electron chi connectivity index (χ3n) is 4.88. The smallest absolute Gasteiger partial charge is 0.229 e. The molecule has 8 nitrogen and oxygen atoms in total. The van der Waals surface area contributed by atoms with Crippen LogP contribution in [0.5, 0.6) is 0 Å². The molecule has 5 rings (SSSR count). The Morgan fingerprint density at radius 1 is 1.06 bits per heavy atom. The second-order valence-corrected chi connectivity index (χ2v) is 9.00. The average molecular weight is 433 g/mol. The minimum atomic E-state index is -3.43. The first kappa shape index (κ1) is 19.1. The predicted molar refractivity (Wildman–Crippen MR) is 121 cm³/mol. The maximum Gasteiger partial charge on any atom is 0.229 e. The van der Waals surface area contributed by atoms with Crippen LogP contribution in [0.2, 0.25) is 0 Å². The molecule has 0 saturated heterocycles. The second-order valence-electron chi connectivity index (χ2n) is 7.25. The molecule has 0 aliphatic heterocycles. The molecule has 1 N–H and O–H groups in total. The van der Waals surface area contributed by atoms with Crippen LogP contribution in [-0.4, -0.2) is 29.3 Å². The summed E-state index contributed by atoms with van der Waals surface area (Å²) in [6, 6.07) is 18.8. The van der Waals surface area contributed by atoms with Gasteiger partial charge in [-0.15, -0.1) is 0 Å². The van der Waals surface area contributed by atoms with E-state index in [1.54, 1.807) is 16.8 Å². The fourth-order valence-corrected chi connectivity index (χ4v) is 4.06. The number of aromatic nitrogens is 3. The van der Waals surface area contributed by atoms with E-state index < -0.39 is 10.0 Å². The Bertz CT molecular complexity index is 1490. The number of hydrogen-bond acceptors (Lipinski definition) is 6. The molecule has 0 fully saturated rings. The standard InChI is InChI=1S/C22H19N5O3S/c1-15-7-8-17(14-18(15)25-31(2,28)29)27(21-10-12-26-20(24-21)9-11-23-26)22-13-16-5-3-4-6-19(16)30-22/h3-14,25H,1-2H3. The molecular formula is C22H19N5O3S. The van der Waals surface area contributed by atoms with Crippen molar-refractivity contribution in [3.8, 4) is 0 Å². The van der Waals surface area contributed by atoms with Crippen molar-refractivity contribution in [2.45, 2.75) is 6.92 Å². The first-order valence-electron chi connectivity index (χ1n) is 9.55. The zero-order chi connectivity index (χ0) is 21.6. The van der Waals surface area contributed by atoms with Gasteiger partial charge in [-0.25, -0.2) is 17.9 Å². The van der Waals surface area contributed by atoms with E-state index in [2.05, 4.69) is 9.82 Å². The number of rotatable bonds is 5. The monoisotopic (exact) mass is 433 g/mol. The zero-order valence-corrected chi connectivity index (χ0v) is 17.7. The Hall–Kier alpha value is -3.85. The molecule has 3 heterocycles. The van der Waals surface area contributed by atoms with Gasteiger partial charge in [0.15, 0.2) is 5.65 Å². The molecule has 0 bridgehead atoms. The highest BCUT2D eigenvalue weighted by atomic mass is 32.2. The fraction of sp³-hybridized carbons (Fsp3) is 0.0909. The minimum absolute atomic E-state index is 0.492. The van der Waals surface area contributed by atoms with Gasteiger partial charge in [-0.2, -0.15) is 5.10 Å². The first-order valence-corrected chi connectivity index (χ1v) is 11.4. The highest BCUT2D eigenvalue weighted by Crippen LogP contribution is 2.38. The number of nitrogens with one attached hydrogen (secondary N) is 1. The Balaban J connectivity index is 1.71. The minimum Gasteiger partial charge on any atom is -0.440 e. The summed E-state index contributed by atoms with van der Waals surface area (Å²) in [5, 5.41) is 5.15. The molecule has 0 unspecified atom stereocenters. The van der Waals surface area contributed by atoms with Crippen molar-refractivity contribution in [2.75, 3.05) is 15.9 Å². The molecule has 9 heteroatoms. The maximum atomic E-state index is 11.8. The van der Waals surface area contributed by atoms with E-state index in [1.807, 2.05) is 72.6 Å². The van der Waals surface area contributed by atoms with Crippen LogP contribution in [-0.2, 0) is 10.0 Å². The lowest BCUT2D eigenvalue weighted by atomic mass is 10.1. The number of para-hydroxylation sites is 1. The number of nitrogens with zero attached hydrogens (tertiary/aromatic N) is 4. The lowest BCUT2D eigenvalue weighted by molar-refractivity contribution is 0.606. The average Bonchev–Trinajstić information content (AvgIpc) is 3.35. The van der Waals surface area contributed by atoms with Gasteiger partial charge in [-0.1, -0.05) is 24.3 Å². The van der Waals surface area contributed by atoms with E-state index in [1.165, 1.54) is 0 Å². The molecule has 0 spiro atoms. The quantitative estimate of drug-likeness (QED) is 0.435. The van der Waals surface area contributed by atoms with E-state index in [0.717, 1.165) is 22.8 Å². The van der Waals surface area contributed by atoms with Crippen LogP contribution in [0.3, 0.4) is 0 Å². The molecule has 0 aliphatic rings. The molecule has 0 atom stereocenters. The summed E-state index contributed by atoms with van der Waals surface area (Å²) in [6.45, 7) is 1.85. The molecule has 2 aromatic carbocycles. The molecule has 5 aromatic rings. The zero-order valence-electron chi connectivity index (χ0n) is 16.9. The van der Waals surface area contributed by atoms with Crippen LogP contribution in [0.4, 0.5) is 23.1 Å². The van der Waals surface area contributed by atoms with Crippen molar-refractivity contribution in [3.05, 3.63) is 78.6 Å². The summed E-state index contributed by atoms with van der Waals surface area (Å²) in [7, 11) is -3.43. The van der Waals surface area contributed by atoms with E-state index in [-0.39, 0.29) is 0 Å². The first-order chi connectivity index (χ1) is 14.9. The van der Waals surface area contributed by atoms with E-state index in [0.29, 0.717) is 28.7 Å². The van der Waals surface area contributed by atoms with Crippen molar-refractivity contribution in [1.29, 1.82) is 0 Å². The third-order valence-corrected chi connectivity index (χ3v) is 5.47. The topological polar surface area (TPSA) is 92.7 Å². The molecule has 0 saturated carbocycles. The lowest BCUT2D eigenvalue weighted by Gasteiger charge is -2.22. The van der Waals surface area contributed by atoms with E-state index in [4.69, 9.17) is 9.40 Å². The van der Waals surface area contributed by atoms with Crippen LogP contribution in [0, 0.1) is 6.92 Å². The molecule has 0 radical (unpaired) electrons. The lowest BCUT2D eigenvalue weighted by Crippen LogP contribution is -2.14. The molecule has 3 aromatic heterocycles. The maximum absolute atomic E-state index is 11.8. The van der Waals surface area contributed by atoms with Crippen LogP contribution in [0.1, 0.15) is 5.56 Å². The van der Waals surface area contributed by atoms with Gasteiger partial charge in [-0.3, -0.25) is 9.62 Å². The van der Waals surface area contributed by atoms with Gasteiger partial charge in [0.2, 0.25) is 15.9 Å². The summed E-state index contributed by atoms with van der Waals surface area (Å²) in [4.78, 5) is 6.56. The van der Waals surface area contributed by atoms with Crippen molar-refractivity contribution in [3.63, 3.8) is 0 Å². The summed E-state index contributed by atoms with van der Waals surface area (Å²) in [5.74, 6) is 1.17. The molecule has 0 amide bonds. The van der Waals surface area contributed by atoms with Crippen LogP contribution in [0.25, 0.3) is 16.6 Å². The van der Waals surface area contributed by atoms with Crippen molar-refractivity contribution in [1.82, 2.24) is 14.6 Å². The van der Waals surface area contributed by atoms with Crippen LogP contribution < -0.4 is 9.62 Å². The largest absolute Gasteiger partial charge is 0.440 e. The van der Waals surface area contributed by atoms with E-state index in [9.17, 15) is 8.42 Å². The van der Waals surface area contributed by atoms with Crippen molar-refractivity contribution in [2.24, 2.45) is 0 Å². The van der Waals surface area contributed by atoms with Gasteiger partial charge >= 0.3 is 0 Å². The Morgan fingerprint density at radius 3 is 2.71 bits per heavy atom. The van der Waals surface area contributed by atoms with Crippen molar-refractivity contribution >= 4 is 49.7 Å². The van der Waals surface area contributed by atoms with E-state index >= 15 is 0 Å². The highest BCUT2D eigenvalue weighted by molar-refractivity contribution is 7.92. The van der Waals surface area contributed by atoms with Crippen LogP contribution in [0.15, 0.2) is 77.5 Å². The van der Waals surface area contributed by atoms with Gasteiger partial charge in [0.25, 0.3) is 0 Å². The predicted octanol–water partition coefficient (Wildman–Crippen LogP) is 4.63. The Labute approximate surface area is 178 Å². The normalized spacial score (nSPS) is 11.8. The van der Waals surface area contributed by atoms with Gasteiger partial charge in [0.05, 0.1) is 23.8 Å². The number of benzene rings is 2. The third kappa shape index (κ3) is 3.71. The number of aryl methyl sites for hydroxylation is 1. The summed E-state index contributed by atoms with van der Waals surface area (Å²) < 4.78 is 34.1. The SMILES string of the molecule is Cc1ccc(N(c2ccn3nccc3n2)c2cc3ccccc3o2)cc1NS(C)(=O)=O. The number of anilines is 4. The fourth-order valence-electron chi connectivity index (χ4n) is 3.44. The van der Waals surface area contributed by atoms with Crippen LogP contribution >= 0.6 is 0 Å². The Morgan fingerprint density at radius 2 is 1.90 bits per heavy atom. The number of furan rings is 1. The molecule has 31 heavy (non-hydrogen) atoms. The number of hydrogen-bond donors (Lipinski definition) is 1. The highest BCUT2D eigenvalue weighted by Gasteiger charge is 2.20. The molecular weight excluding hydrogens is 414 g/mol. The van der Waals surface area contributed by atoms with Gasteiger partial charge in [0.1, 0.15) is 11.4 Å². The van der Waals surface area contributed by atoms with Crippen molar-refractivity contribution < 1.29 is 12.8 Å². The second kappa shape index (κ2) is 7.13. The molecule has 0 aliphatic carbocycles.